The fourth-order valence-corrected chi connectivity index (χ4v) is 4.49. The summed E-state index contributed by atoms with van der Waals surface area (Å²) in [5.41, 5.74) is 2.81. The second-order valence-corrected chi connectivity index (χ2v) is 8.26. The van der Waals surface area contributed by atoms with Gasteiger partial charge < -0.3 is 14.5 Å². The van der Waals surface area contributed by atoms with Crippen LogP contribution in [0.1, 0.15) is 42.5 Å². The van der Waals surface area contributed by atoms with Crippen molar-refractivity contribution >= 4 is 11.8 Å². The Morgan fingerprint density at radius 1 is 0.833 bits per heavy atom. The highest BCUT2D eigenvalue weighted by atomic mass is 16.5. The van der Waals surface area contributed by atoms with Crippen LogP contribution in [0.2, 0.25) is 0 Å². The first-order chi connectivity index (χ1) is 14.7. The van der Waals surface area contributed by atoms with Crippen molar-refractivity contribution in [2.45, 2.75) is 32.1 Å². The van der Waals surface area contributed by atoms with Crippen molar-refractivity contribution in [3.05, 3.63) is 54.1 Å². The van der Waals surface area contributed by atoms with Gasteiger partial charge in [-0.3, -0.25) is 9.59 Å². The zero-order valence-electron chi connectivity index (χ0n) is 17.7. The first kappa shape index (κ1) is 20.5. The Kier molecular flexibility index (Phi) is 6.36. The Hall–Kier alpha value is -2.82. The second kappa shape index (κ2) is 9.33. The lowest BCUT2D eigenvalue weighted by atomic mass is 9.93. The van der Waals surface area contributed by atoms with Crippen molar-refractivity contribution in [1.82, 2.24) is 9.80 Å². The molecule has 2 heterocycles. The Labute approximate surface area is 178 Å². The van der Waals surface area contributed by atoms with Gasteiger partial charge in [0.1, 0.15) is 5.75 Å². The maximum atomic E-state index is 12.9. The minimum atomic E-state index is 0.0519. The number of methoxy groups -OCH3 is 1. The van der Waals surface area contributed by atoms with Crippen molar-refractivity contribution in [2.24, 2.45) is 5.92 Å². The van der Waals surface area contributed by atoms with Gasteiger partial charge in [-0.15, -0.1) is 0 Å². The molecular weight excluding hydrogens is 376 g/mol. The zero-order chi connectivity index (χ0) is 20.9. The van der Waals surface area contributed by atoms with Gasteiger partial charge in [0, 0.05) is 37.7 Å². The van der Waals surface area contributed by atoms with E-state index in [0.29, 0.717) is 24.6 Å². The summed E-state index contributed by atoms with van der Waals surface area (Å²) in [6.45, 7) is 3.11. The second-order valence-electron chi connectivity index (χ2n) is 8.26. The normalized spacial score (nSPS) is 17.6. The predicted molar refractivity (Wildman–Crippen MR) is 117 cm³/mol. The maximum Gasteiger partial charge on any atom is 0.253 e. The number of nitrogens with zero attached hydrogens (tertiary/aromatic N) is 2. The lowest BCUT2D eigenvalue weighted by molar-refractivity contribution is -0.137. The summed E-state index contributed by atoms with van der Waals surface area (Å²) in [6.07, 6.45) is 5.00. The van der Waals surface area contributed by atoms with Crippen molar-refractivity contribution < 1.29 is 14.3 Å². The molecule has 2 aromatic carbocycles. The number of carbonyl (C=O) groups excluding carboxylic acids is 2. The number of piperidine rings is 2. The predicted octanol–water partition coefficient (Wildman–Crippen LogP) is 4.23. The summed E-state index contributed by atoms with van der Waals surface area (Å²) < 4.78 is 5.29. The summed E-state index contributed by atoms with van der Waals surface area (Å²) >= 11 is 0. The maximum absolute atomic E-state index is 12.9. The van der Waals surface area contributed by atoms with Crippen LogP contribution in [0.5, 0.6) is 5.75 Å². The molecule has 0 atom stereocenters. The smallest absolute Gasteiger partial charge is 0.253 e. The highest BCUT2D eigenvalue weighted by Gasteiger charge is 2.31. The first-order valence-electron chi connectivity index (χ1n) is 11.0. The van der Waals surface area contributed by atoms with Gasteiger partial charge in [-0.1, -0.05) is 24.3 Å². The van der Waals surface area contributed by atoms with Gasteiger partial charge in [0.15, 0.2) is 0 Å². The van der Waals surface area contributed by atoms with Crippen molar-refractivity contribution in [3.8, 4) is 16.9 Å². The van der Waals surface area contributed by atoms with Gasteiger partial charge in [-0.25, -0.2) is 0 Å². The number of hydrogen-bond acceptors (Lipinski definition) is 3. The van der Waals surface area contributed by atoms with E-state index in [1.54, 1.807) is 7.11 Å². The number of carbonyl (C=O) groups is 2. The quantitative estimate of drug-likeness (QED) is 0.764. The molecule has 0 aliphatic carbocycles. The van der Waals surface area contributed by atoms with E-state index in [1.165, 1.54) is 6.42 Å². The van der Waals surface area contributed by atoms with Gasteiger partial charge in [-0.2, -0.15) is 0 Å². The van der Waals surface area contributed by atoms with E-state index in [2.05, 4.69) is 0 Å². The number of likely N-dealkylation sites (tertiary alicyclic amines) is 2. The Morgan fingerprint density at radius 3 is 2.20 bits per heavy atom. The number of benzene rings is 2. The van der Waals surface area contributed by atoms with Crippen molar-refractivity contribution in [3.63, 3.8) is 0 Å². The average Bonchev–Trinajstić information content (AvgIpc) is 2.84. The van der Waals surface area contributed by atoms with E-state index in [4.69, 9.17) is 4.74 Å². The van der Waals surface area contributed by atoms with Crippen molar-refractivity contribution in [2.75, 3.05) is 33.3 Å². The molecule has 0 radical (unpaired) electrons. The highest BCUT2D eigenvalue weighted by Crippen LogP contribution is 2.26. The molecule has 0 spiro atoms. The molecule has 30 heavy (non-hydrogen) atoms. The first-order valence-corrected chi connectivity index (χ1v) is 11.0. The van der Waals surface area contributed by atoms with Crippen LogP contribution in [-0.4, -0.2) is 54.9 Å². The van der Waals surface area contributed by atoms with Crippen LogP contribution in [0, 0.1) is 5.92 Å². The largest absolute Gasteiger partial charge is 0.497 e. The van der Waals surface area contributed by atoms with Crippen LogP contribution in [0.3, 0.4) is 0 Å². The molecule has 4 rings (SSSR count). The lowest BCUT2D eigenvalue weighted by Gasteiger charge is -2.35. The third-order valence-corrected chi connectivity index (χ3v) is 6.33. The van der Waals surface area contributed by atoms with E-state index < -0.39 is 0 Å². The summed E-state index contributed by atoms with van der Waals surface area (Å²) in [5, 5.41) is 0. The van der Waals surface area contributed by atoms with Crippen LogP contribution in [0.15, 0.2) is 48.5 Å². The van der Waals surface area contributed by atoms with Gasteiger partial charge in [0.2, 0.25) is 5.91 Å². The van der Waals surface area contributed by atoms with E-state index >= 15 is 0 Å². The minimum absolute atomic E-state index is 0.0519. The molecule has 0 aromatic heterocycles. The SMILES string of the molecule is COc1cccc(-c2ccc(C(=O)N3CCC(C(=O)N4CCCCC4)CC3)cc2)c1. The van der Waals surface area contributed by atoms with E-state index in [1.807, 2.05) is 58.3 Å². The number of hydrogen-bond donors (Lipinski definition) is 0. The standard InChI is InChI=1S/C25H30N2O3/c1-30-23-7-5-6-22(18-23)19-8-10-20(11-9-19)24(28)27-16-12-21(13-17-27)25(29)26-14-3-2-4-15-26/h5-11,18,21H,2-4,12-17H2,1H3. The summed E-state index contributed by atoms with van der Waals surface area (Å²) in [4.78, 5) is 29.6. The van der Waals surface area contributed by atoms with E-state index in [-0.39, 0.29) is 11.8 Å². The van der Waals surface area contributed by atoms with Gasteiger partial charge in [0.05, 0.1) is 7.11 Å². The minimum Gasteiger partial charge on any atom is -0.497 e. The lowest BCUT2D eigenvalue weighted by Crippen LogP contribution is -2.45. The number of ether oxygens (including phenoxy) is 1. The number of amides is 2. The Bertz CT molecular complexity index is 880. The van der Waals surface area contributed by atoms with E-state index in [0.717, 1.165) is 55.6 Å². The molecule has 2 saturated heterocycles. The molecule has 2 aliphatic rings. The summed E-state index contributed by atoms with van der Waals surface area (Å²) in [6, 6.07) is 15.6. The van der Waals surface area contributed by atoms with E-state index in [9.17, 15) is 9.59 Å². The molecule has 2 fully saturated rings. The molecule has 5 heteroatoms. The molecule has 0 saturated carbocycles. The molecule has 5 nitrogen and oxygen atoms in total. The third-order valence-electron chi connectivity index (χ3n) is 6.33. The average molecular weight is 407 g/mol. The topological polar surface area (TPSA) is 49.9 Å². The molecule has 0 N–H and O–H groups in total. The van der Waals surface area contributed by atoms with Gasteiger partial charge in [0.25, 0.3) is 5.91 Å². The Morgan fingerprint density at radius 2 is 1.53 bits per heavy atom. The molecule has 0 bridgehead atoms. The molecule has 2 aliphatic heterocycles. The van der Waals surface area contributed by atoms with Crippen LogP contribution >= 0.6 is 0 Å². The molecule has 158 valence electrons. The molecule has 2 amide bonds. The molecule has 2 aromatic rings. The van der Waals surface area contributed by atoms with Crippen LogP contribution in [-0.2, 0) is 4.79 Å². The highest BCUT2D eigenvalue weighted by molar-refractivity contribution is 5.95. The Balaban J connectivity index is 1.35. The monoisotopic (exact) mass is 406 g/mol. The fraction of sp³-hybridized carbons (Fsp3) is 0.440. The van der Waals surface area contributed by atoms with Crippen molar-refractivity contribution in [1.29, 1.82) is 0 Å². The summed E-state index contributed by atoms with van der Waals surface area (Å²) in [7, 11) is 1.66. The third kappa shape index (κ3) is 4.50. The van der Waals surface area contributed by atoms with Gasteiger partial charge >= 0.3 is 0 Å². The van der Waals surface area contributed by atoms with Gasteiger partial charge in [-0.05, 0) is 67.5 Å². The number of rotatable bonds is 4. The van der Waals surface area contributed by atoms with Crippen LogP contribution in [0.4, 0.5) is 0 Å². The summed E-state index contributed by atoms with van der Waals surface area (Å²) in [5.74, 6) is 1.23. The zero-order valence-corrected chi connectivity index (χ0v) is 17.7. The van der Waals surface area contributed by atoms with Crippen LogP contribution < -0.4 is 4.74 Å². The molecule has 0 unspecified atom stereocenters. The van der Waals surface area contributed by atoms with Crippen LogP contribution in [0.25, 0.3) is 11.1 Å². The fourth-order valence-electron chi connectivity index (χ4n) is 4.49. The molecular formula is C25H30N2O3.